The van der Waals surface area contributed by atoms with Crippen molar-refractivity contribution in [3.8, 4) is 0 Å². The van der Waals surface area contributed by atoms with Gasteiger partial charge in [0, 0.05) is 5.92 Å². The molecule has 1 unspecified atom stereocenters. The van der Waals surface area contributed by atoms with Gasteiger partial charge in [-0.25, -0.2) is 0 Å². The summed E-state index contributed by atoms with van der Waals surface area (Å²) in [6.07, 6.45) is 4.08. The van der Waals surface area contributed by atoms with Gasteiger partial charge in [0.2, 0.25) is 0 Å². The van der Waals surface area contributed by atoms with E-state index in [0.29, 0.717) is 6.42 Å². The summed E-state index contributed by atoms with van der Waals surface area (Å²) in [4.78, 5) is 11.5. The van der Waals surface area contributed by atoms with E-state index in [-0.39, 0.29) is 11.7 Å². The number of hydrogen-bond donors (Lipinski definition) is 0. The summed E-state index contributed by atoms with van der Waals surface area (Å²) >= 11 is 0. The molecule has 0 amide bonds. The van der Waals surface area contributed by atoms with Crippen molar-refractivity contribution < 1.29 is 9.21 Å². The predicted molar refractivity (Wildman–Crippen MR) is 51.5 cm³/mol. The maximum atomic E-state index is 11.5. The van der Waals surface area contributed by atoms with E-state index in [0.717, 1.165) is 18.6 Å². The average Bonchev–Trinajstić information content (AvgIpc) is 2.57. The Labute approximate surface area is 78.9 Å². The van der Waals surface area contributed by atoms with Crippen LogP contribution in [0.3, 0.4) is 0 Å². The van der Waals surface area contributed by atoms with Gasteiger partial charge in [0.1, 0.15) is 11.5 Å². The highest BCUT2D eigenvalue weighted by molar-refractivity contribution is 5.82. The van der Waals surface area contributed by atoms with E-state index < -0.39 is 0 Å². The van der Waals surface area contributed by atoms with Crippen LogP contribution in [0.1, 0.15) is 32.4 Å². The molecule has 1 heterocycles. The van der Waals surface area contributed by atoms with Crippen molar-refractivity contribution in [2.24, 2.45) is 5.92 Å². The van der Waals surface area contributed by atoms with Crippen molar-refractivity contribution in [3.63, 3.8) is 0 Å². The fourth-order valence-electron chi connectivity index (χ4n) is 1.35. The van der Waals surface area contributed by atoms with Crippen LogP contribution in [0.25, 0.3) is 0 Å². The van der Waals surface area contributed by atoms with Gasteiger partial charge in [0.05, 0.1) is 12.7 Å². The molecule has 0 radical (unpaired) electrons. The molecule has 0 fully saturated rings. The number of hydrogen-bond acceptors (Lipinski definition) is 2. The topological polar surface area (TPSA) is 30.2 Å². The van der Waals surface area contributed by atoms with E-state index in [1.165, 1.54) is 0 Å². The second-order valence-corrected chi connectivity index (χ2v) is 3.41. The lowest BCUT2D eigenvalue weighted by Gasteiger charge is -2.06. The van der Waals surface area contributed by atoms with Crippen molar-refractivity contribution in [1.82, 2.24) is 0 Å². The van der Waals surface area contributed by atoms with E-state index in [2.05, 4.69) is 6.92 Å². The Morgan fingerprint density at radius 2 is 2.38 bits per heavy atom. The summed E-state index contributed by atoms with van der Waals surface area (Å²) in [6, 6.07) is 3.66. The second kappa shape index (κ2) is 4.85. The Hall–Kier alpha value is -1.05. The van der Waals surface area contributed by atoms with E-state index in [1.807, 2.05) is 19.1 Å². The van der Waals surface area contributed by atoms with Crippen molar-refractivity contribution in [2.45, 2.75) is 33.1 Å². The van der Waals surface area contributed by atoms with Crippen molar-refractivity contribution >= 4 is 5.78 Å². The fraction of sp³-hybridized carbons (Fsp3) is 0.545. The highest BCUT2D eigenvalue weighted by Crippen LogP contribution is 2.11. The molecule has 0 N–H and O–H groups in total. The molecule has 13 heavy (non-hydrogen) atoms. The lowest BCUT2D eigenvalue weighted by Crippen LogP contribution is -2.12. The van der Waals surface area contributed by atoms with Gasteiger partial charge in [-0.2, -0.15) is 0 Å². The van der Waals surface area contributed by atoms with Crippen LogP contribution in [0.4, 0.5) is 0 Å². The first kappa shape index (κ1) is 10.0. The largest absolute Gasteiger partial charge is 0.469 e. The first-order valence-corrected chi connectivity index (χ1v) is 4.79. The van der Waals surface area contributed by atoms with Crippen LogP contribution >= 0.6 is 0 Å². The molecule has 0 aliphatic carbocycles. The third kappa shape index (κ3) is 3.05. The average molecular weight is 180 g/mol. The highest BCUT2D eigenvalue weighted by Gasteiger charge is 2.13. The van der Waals surface area contributed by atoms with Gasteiger partial charge >= 0.3 is 0 Å². The van der Waals surface area contributed by atoms with Crippen LogP contribution < -0.4 is 0 Å². The third-order valence-electron chi connectivity index (χ3n) is 2.20. The molecule has 0 saturated carbocycles. The minimum absolute atomic E-state index is 0.162. The molecule has 1 atom stereocenters. The lowest BCUT2D eigenvalue weighted by atomic mass is 9.98. The number of carbonyl (C=O) groups is 1. The summed E-state index contributed by atoms with van der Waals surface area (Å²) in [5.74, 6) is 1.21. The fourth-order valence-corrected chi connectivity index (χ4v) is 1.35. The zero-order chi connectivity index (χ0) is 9.68. The normalized spacial score (nSPS) is 12.8. The lowest BCUT2D eigenvalue weighted by molar-refractivity contribution is -0.122. The number of ketones is 1. The molecule has 72 valence electrons. The molecule has 1 aromatic rings. The zero-order valence-electron chi connectivity index (χ0n) is 8.25. The second-order valence-electron chi connectivity index (χ2n) is 3.41. The quantitative estimate of drug-likeness (QED) is 0.697. The maximum Gasteiger partial charge on any atom is 0.143 e. The van der Waals surface area contributed by atoms with Crippen LogP contribution in [0.2, 0.25) is 0 Å². The van der Waals surface area contributed by atoms with Crippen LogP contribution in [0.15, 0.2) is 22.8 Å². The predicted octanol–water partition coefficient (Wildman–Crippen LogP) is 2.83. The van der Waals surface area contributed by atoms with E-state index in [1.54, 1.807) is 6.26 Å². The molecule has 0 spiro atoms. The van der Waals surface area contributed by atoms with Gasteiger partial charge in [0.25, 0.3) is 0 Å². The SMILES string of the molecule is CCCC(C)C(=O)Cc1ccco1. The molecule has 0 aliphatic heterocycles. The molecule has 0 aromatic carbocycles. The van der Waals surface area contributed by atoms with Gasteiger partial charge in [0.15, 0.2) is 0 Å². The molecule has 2 heteroatoms. The van der Waals surface area contributed by atoms with Gasteiger partial charge in [-0.15, -0.1) is 0 Å². The maximum absolute atomic E-state index is 11.5. The Kier molecular flexibility index (Phi) is 3.74. The summed E-state index contributed by atoms with van der Waals surface area (Å²) in [6.45, 7) is 4.07. The monoisotopic (exact) mass is 180 g/mol. The summed E-state index contributed by atoms with van der Waals surface area (Å²) in [7, 11) is 0. The smallest absolute Gasteiger partial charge is 0.143 e. The first-order chi connectivity index (χ1) is 6.24. The number of rotatable bonds is 5. The summed E-state index contributed by atoms with van der Waals surface area (Å²) < 4.78 is 5.11. The van der Waals surface area contributed by atoms with Crippen molar-refractivity contribution in [2.75, 3.05) is 0 Å². The first-order valence-electron chi connectivity index (χ1n) is 4.79. The van der Waals surface area contributed by atoms with E-state index >= 15 is 0 Å². The molecular formula is C11H16O2. The van der Waals surface area contributed by atoms with Gasteiger partial charge in [-0.3, -0.25) is 4.79 Å². The van der Waals surface area contributed by atoms with Crippen molar-refractivity contribution in [1.29, 1.82) is 0 Å². The summed E-state index contributed by atoms with van der Waals surface area (Å²) in [5, 5.41) is 0. The molecule has 0 aliphatic rings. The summed E-state index contributed by atoms with van der Waals surface area (Å²) in [5.41, 5.74) is 0. The molecule has 0 saturated heterocycles. The highest BCUT2D eigenvalue weighted by atomic mass is 16.3. The van der Waals surface area contributed by atoms with Crippen LogP contribution in [-0.2, 0) is 11.2 Å². The third-order valence-corrected chi connectivity index (χ3v) is 2.20. The van der Waals surface area contributed by atoms with E-state index in [9.17, 15) is 4.79 Å². The van der Waals surface area contributed by atoms with Crippen molar-refractivity contribution in [3.05, 3.63) is 24.2 Å². The zero-order valence-corrected chi connectivity index (χ0v) is 8.25. The van der Waals surface area contributed by atoms with Gasteiger partial charge < -0.3 is 4.42 Å². The Morgan fingerprint density at radius 3 is 2.92 bits per heavy atom. The number of furan rings is 1. The standard InChI is InChI=1S/C11H16O2/c1-3-5-9(2)11(12)8-10-6-4-7-13-10/h4,6-7,9H,3,5,8H2,1-2H3. The minimum atomic E-state index is 0.162. The Balaban J connectivity index is 2.41. The molecule has 0 bridgehead atoms. The van der Waals surface area contributed by atoms with Crippen LogP contribution in [0.5, 0.6) is 0 Å². The number of carbonyl (C=O) groups excluding carboxylic acids is 1. The van der Waals surface area contributed by atoms with Gasteiger partial charge in [-0.05, 0) is 18.6 Å². The molecule has 1 aromatic heterocycles. The Morgan fingerprint density at radius 1 is 1.62 bits per heavy atom. The molecule has 2 nitrogen and oxygen atoms in total. The van der Waals surface area contributed by atoms with Crippen LogP contribution in [-0.4, -0.2) is 5.78 Å². The minimum Gasteiger partial charge on any atom is -0.469 e. The Bertz CT molecular complexity index is 249. The number of Topliss-reactive ketones (excluding diaryl/α,β-unsaturated/α-hetero) is 1. The molecule has 1 rings (SSSR count). The van der Waals surface area contributed by atoms with Gasteiger partial charge in [-0.1, -0.05) is 20.3 Å². The molecular weight excluding hydrogens is 164 g/mol. The van der Waals surface area contributed by atoms with E-state index in [4.69, 9.17) is 4.42 Å². The van der Waals surface area contributed by atoms with Crippen LogP contribution in [0, 0.1) is 5.92 Å².